The highest BCUT2D eigenvalue weighted by molar-refractivity contribution is 6.07. The van der Waals surface area contributed by atoms with Crippen molar-refractivity contribution in [3.05, 3.63) is 53.6 Å². The molecule has 0 unspecified atom stereocenters. The standard InChI is InChI=1S/C21H22N2O6/c1-13-4-3-5-16(8-13)27-11-15(24)10-23-19(25)21(2,22-20(23)26)14-6-7-17-18(9-14)29-12-28-17/h3-9,15,24H,10-12H2,1-2H3,(H,22,26)/t15-,21+/m0/s1. The molecule has 0 saturated carbocycles. The predicted molar refractivity (Wildman–Crippen MR) is 103 cm³/mol. The SMILES string of the molecule is Cc1cccc(OC[C@@H](O)CN2C(=O)N[C@](C)(c3ccc4c(c3)OCO4)C2=O)c1. The molecule has 4 rings (SSSR count). The predicted octanol–water partition coefficient (Wildman–Crippen LogP) is 1.93. The van der Waals surface area contributed by atoms with Gasteiger partial charge in [0.25, 0.3) is 5.91 Å². The molecule has 0 spiro atoms. The van der Waals surface area contributed by atoms with Crippen molar-refractivity contribution in [1.29, 1.82) is 0 Å². The average molecular weight is 398 g/mol. The largest absolute Gasteiger partial charge is 0.491 e. The van der Waals surface area contributed by atoms with Crippen molar-refractivity contribution in [3.8, 4) is 17.2 Å². The van der Waals surface area contributed by atoms with Crippen LogP contribution < -0.4 is 19.5 Å². The number of rotatable bonds is 6. The van der Waals surface area contributed by atoms with Crippen LogP contribution in [-0.2, 0) is 10.3 Å². The lowest BCUT2D eigenvalue weighted by atomic mass is 9.91. The molecule has 8 heteroatoms. The molecule has 1 fully saturated rings. The van der Waals surface area contributed by atoms with Crippen molar-refractivity contribution in [3.63, 3.8) is 0 Å². The van der Waals surface area contributed by atoms with E-state index in [1.54, 1.807) is 31.2 Å². The molecule has 0 aliphatic carbocycles. The van der Waals surface area contributed by atoms with Crippen molar-refractivity contribution < 1.29 is 28.9 Å². The smallest absolute Gasteiger partial charge is 0.325 e. The van der Waals surface area contributed by atoms with Crippen LogP contribution in [0.2, 0.25) is 0 Å². The fourth-order valence-electron chi connectivity index (χ4n) is 3.43. The minimum Gasteiger partial charge on any atom is -0.491 e. The fraction of sp³-hybridized carbons (Fsp3) is 0.333. The second-order valence-electron chi connectivity index (χ2n) is 7.32. The summed E-state index contributed by atoms with van der Waals surface area (Å²) in [6, 6.07) is 12.0. The van der Waals surface area contributed by atoms with Crippen LogP contribution >= 0.6 is 0 Å². The van der Waals surface area contributed by atoms with Gasteiger partial charge in [-0.15, -0.1) is 0 Å². The minimum atomic E-state index is -1.25. The van der Waals surface area contributed by atoms with E-state index >= 15 is 0 Å². The van der Waals surface area contributed by atoms with Gasteiger partial charge in [0.05, 0.1) is 6.54 Å². The Labute approximate surface area is 168 Å². The van der Waals surface area contributed by atoms with Crippen LogP contribution in [0.15, 0.2) is 42.5 Å². The van der Waals surface area contributed by atoms with Crippen molar-refractivity contribution >= 4 is 11.9 Å². The average Bonchev–Trinajstić information content (AvgIpc) is 3.25. The first-order chi connectivity index (χ1) is 13.9. The van der Waals surface area contributed by atoms with Gasteiger partial charge in [0.2, 0.25) is 6.79 Å². The summed E-state index contributed by atoms with van der Waals surface area (Å²) < 4.78 is 16.2. The summed E-state index contributed by atoms with van der Waals surface area (Å²) in [7, 11) is 0. The molecule has 0 bridgehead atoms. The van der Waals surface area contributed by atoms with Crippen LogP contribution in [0.4, 0.5) is 4.79 Å². The summed E-state index contributed by atoms with van der Waals surface area (Å²) in [6.45, 7) is 3.47. The Hall–Kier alpha value is -3.26. The number of β-amino-alcohol motifs (C(OH)–C–C–N with tert-alkyl or cyclic N) is 1. The van der Waals surface area contributed by atoms with Gasteiger partial charge >= 0.3 is 6.03 Å². The molecule has 8 nitrogen and oxygen atoms in total. The van der Waals surface area contributed by atoms with E-state index < -0.39 is 23.6 Å². The zero-order valence-electron chi connectivity index (χ0n) is 16.2. The number of aryl methyl sites for hydroxylation is 1. The maximum atomic E-state index is 13.0. The van der Waals surface area contributed by atoms with Gasteiger partial charge in [0.1, 0.15) is 24.0 Å². The molecule has 0 radical (unpaired) electrons. The number of ether oxygens (including phenoxy) is 3. The van der Waals surface area contributed by atoms with Crippen molar-refractivity contribution in [2.45, 2.75) is 25.5 Å². The maximum absolute atomic E-state index is 13.0. The highest BCUT2D eigenvalue weighted by Gasteiger charge is 2.49. The molecule has 2 aliphatic rings. The van der Waals surface area contributed by atoms with Gasteiger partial charge in [0.15, 0.2) is 11.5 Å². The minimum absolute atomic E-state index is 0.0404. The molecule has 0 aromatic heterocycles. The first-order valence-corrected chi connectivity index (χ1v) is 9.28. The van der Waals surface area contributed by atoms with Crippen LogP contribution in [-0.4, -0.2) is 48.0 Å². The second kappa shape index (κ2) is 7.29. The van der Waals surface area contributed by atoms with Gasteiger partial charge in [-0.3, -0.25) is 9.69 Å². The number of nitrogens with zero attached hydrogens (tertiary/aromatic N) is 1. The number of nitrogens with one attached hydrogen (secondary N) is 1. The zero-order valence-corrected chi connectivity index (χ0v) is 16.2. The highest BCUT2D eigenvalue weighted by Crippen LogP contribution is 2.37. The van der Waals surface area contributed by atoms with E-state index in [4.69, 9.17) is 14.2 Å². The number of hydrogen-bond acceptors (Lipinski definition) is 6. The highest BCUT2D eigenvalue weighted by atomic mass is 16.7. The summed E-state index contributed by atoms with van der Waals surface area (Å²) >= 11 is 0. The van der Waals surface area contributed by atoms with E-state index in [-0.39, 0.29) is 19.9 Å². The summed E-state index contributed by atoms with van der Waals surface area (Å²) in [4.78, 5) is 26.5. The molecule has 2 heterocycles. The summed E-state index contributed by atoms with van der Waals surface area (Å²) in [5, 5.41) is 13.0. The fourth-order valence-corrected chi connectivity index (χ4v) is 3.43. The lowest BCUT2D eigenvalue weighted by Gasteiger charge is -2.23. The first kappa shape index (κ1) is 19.1. The zero-order chi connectivity index (χ0) is 20.6. The molecule has 29 heavy (non-hydrogen) atoms. The molecule has 1 saturated heterocycles. The van der Waals surface area contributed by atoms with Crippen molar-refractivity contribution in [2.24, 2.45) is 0 Å². The number of aliphatic hydroxyl groups is 1. The third-order valence-corrected chi connectivity index (χ3v) is 5.05. The van der Waals surface area contributed by atoms with Gasteiger partial charge in [-0.05, 0) is 49.2 Å². The molecule has 3 amide bonds. The summed E-state index contributed by atoms with van der Waals surface area (Å²) in [5.74, 6) is 1.29. The topological polar surface area (TPSA) is 97.3 Å². The molecule has 2 aromatic carbocycles. The summed E-state index contributed by atoms with van der Waals surface area (Å²) in [5.41, 5.74) is 0.355. The van der Waals surface area contributed by atoms with Gasteiger partial charge in [-0.1, -0.05) is 18.2 Å². The Bertz CT molecular complexity index is 962. The third-order valence-electron chi connectivity index (χ3n) is 5.05. The normalized spacial score (nSPS) is 21.3. The Morgan fingerprint density at radius 2 is 2.00 bits per heavy atom. The van der Waals surface area contributed by atoms with E-state index in [9.17, 15) is 14.7 Å². The molecule has 2 aromatic rings. The molecule has 152 valence electrons. The second-order valence-corrected chi connectivity index (χ2v) is 7.32. The van der Waals surface area contributed by atoms with Gasteiger partial charge in [-0.2, -0.15) is 0 Å². The third kappa shape index (κ3) is 3.58. The number of carbonyl (C=O) groups is 2. The van der Waals surface area contributed by atoms with E-state index in [1.807, 2.05) is 25.1 Å². The molecule has 2 atom stereocenters. The number of amides is 3. The number of urea groups is 1. The number of imide groups is 1. The quantitative estimate of drug-likeness (QED) is 0.722. The first-order valence-electron chi connectivity index (χ1n) is 9.28. The number of aliphatic hydroxyl groups excluding tert-OH is 1. The van der Waals surface area contributed by atoms with Crippen LogP contribution in [0, 0.1) is 6.92 Å². The Morgan fingerprint density at radius 3 is 2.79 bits per heavy atom. The molecule has 2 aliphatic heterocycles. The lowest BCUT2D eigenvalue weighted by Crippen LogP contribution is -2.42. The summed E-state index contributed by atoms with van der Waals surface area (Å²) in [6.07, 6.45) is -1.02. The van der Waals surface area contributed by atoms with Crippen LogP contribution in [0.25, 0.3) is 0 Å². The Balaban J connectivity index is 1.43. The van der Waals surface area contributed by atoms with Gasteiger partial charge in [-0.25, -0.2) is 4.79 Å². The van der Waals surface area contributed by atoms with E-state index in [0.717, 1.165) is 10.5 Å². The Kier molecular flexibility index (Phi) is 4.79. The van der Waals surface area contributed by atoms with E-state index in [1.165, 1.54) is 0 Å². The number of fused-ring (bicyclic) bond motifs is 1. The van der Waals surface area contributed by atoms with Crippen LogP contribution in [0.1, 0.15) is 18.1 Å². The number of hydrogen-bond donors (Lipinski definition) is 2. The van der Waals surface area contributed by atoms with E-state index in [2.05, 4.69) is 5.32 Å². The van der Waals surface area contributed by atoms with Crippen molar-refractivity contribution in [2.75, 3.05) is 19.9 Å². The van der Waals surface area contributed by atoms with Gasteiger partial charge < -0.3 is 24.6 Å². The maximum Gasteiger partial charge on any atom is 0.325 e. The number of benzene rings is 2. The molecular formula is C21H22N2O6. The number of carbonyl (C=O) groups excluding carboxylic acids is 2. The monoisotopic (exact) mass is 398 g/mol. The molecule has 2 N–H and O–H groups in total. The van der Waals surface area contributed by atoms with Gasteiger partial charge in [0, 0.05) is 0 Å². The Morgan fingerprint density at radius 1 is 1.21 bits per heavy atom. The van der Waals surface area contributed by atoms with Crippen LogP contribution in [0.5, 0.6) is 17.2 Å². The van der Waals surface area contributed by atoms with Crippen LogP contribution in [0.3, 0.4) is 0 Å². The molecular weight excluding hydrogens is 376 g/mol. The van der Waals surface area contributed by atoms with E-state index in [0.29, 0.717) is 22.8 Å². The lowest BCUT2D eigenvalue weighted by molar-refractivity contribution is -0.132. The van der Waals surface area contributed by atoms with Crippen molar-refractivity contribution in [1.82, 2.24) is 10.2 Å².